The van der Waals surface area contributed by atoms with Crippen LogP contribution in [0.5, 0.6) is 0 Å². The summed E-state index contributed by atoms with van der Waals surface area (Å²) in [5.41, 5.74) is 4.32. The van der Waals surface area contributed by atoms with Crippen molar-refractivity contribution in [3.8, 4) is 0 Å². The Hall–Kier alpha value is -1.13. The summed E-state index contributed by atoms with van der Waals surface area (Å²) in [5, 5.41) is 19.5. The van der Waals surface area contributed by atoms with Crippen molar-refractivity contribution in [1.29, 1.82) is 0 Å². The second-order valence-electron chi connectivity index (χ2n) is 3.22. The molecule has 0 aliphatic heterocycles. The first-order chi connectivity index (χ1) is 8.42. The first kappa shape index (κ1) is 16.9. The Balaban J connectivity index is 4.15. The highest BCUT2D eigenvalue weighted by molar-refractivity contribution is 7.80. The summed E-state index contributed by atoms with van der Waals surface area (Å²) in [7, 11) is 0. The molecule has 0 saturated heterocycles. The van der Waals surface area contributed by atoms with Gasteiger partial charge >= 0.3 is 18.0 Å². The largest absolute Gasteiger partial charge is 0.480 e. The van der Waals surface area contributed by atoms with E-state index in [-0.39, 0.29) is 12.2 Å². The first-order valence-electron chi connectivity index (χ1n) is 4.91. The SMILES string of the molecule is O=C(NN[C@@H](CCS)C(=O)O)N[C@@H](CS)C(=O)O. The molecule has 0 aromatic carbocycles. The molecule has 0 fully saturated rings. The third-order valence-corrected chi connectivity index (χ3v) is 2.49. The van der Waals surface area contributed by atoms with Crippen molar-refractivity contribution in [1.82, 2.24) is 16.2 Å². The number of hydrogen-bond acceptors (Lipinski definition) is 6. The molecule has 0 spiro atoms. The number of carboxylic acids is 2. The van der Waals surface area contributed by atoms with Gasteiger partial charge < -0.3 is 15.5 Å². The molecule has 18 heavy (non-hydrogen) atoms. The van der Waals surface area contributed by atoms with Crippen LogP contribution in [0.4, 0.5) is 4.79 Å². The van der Waals surface area contributed by atoms with Crippen LogP contribution in [-0.4, -0.2) is 51.8 Å². The molecule has 0 aromatic heterocycles. The normalized spacial score (nSPS) is 13.4. The fraction of sp³-hybridized carbons (Fsp3) is 0.625. The molecule has 5 N–H and O–H groups in total. The average molecular weight is 297 g/mol. The quantitative estimate of drug-likeness (QED) is 0.226. The van der Waals surface area contributed by atoms with Gasteiger partial charge in [0.25, 0.3) is 0 Å². The van der Waals surface area contributed by atoms with Crippen LogP contribution in [0.1, 0.15) is 6.42 Å². The van der Waals surface area contributed by atoms with Gasteiger partial charge in [-0.15, -0.1) is 0 Å². The minimum Gasteiger partial charge on any atom is -0.480 e. The number of carboxylic acid groups (broad SMARTS) is 2. The van der Waals surface area contributed by atoms with Crippen LogP contribution in [0.2, 0.25) is 0 Å². The molecular formula is C8H15N3O5S2. The second kappa shape index (κ2) is 8.89. The lowest BCUT2D eigenvalue weighted by molar-refractivity contribution is -0.140. The van der Waals surface area contributed by atoms with E-state index in [0.717, 1.165) is 0 Å². The molecule has 8 nitrogen and oxygen atoms in total. The minimum absolute atomic E-state index is 0.0816. The summed E-state index contributed by atoms with van der Waals surface area (Å²) in [6.45, 7) is 0. The molecule has 0 aliphatic carbocycles. The molecule has 0 saturated carbocycles. The molecule has 0 heterocycles. The van der Waals surface area contributed by atoms with Gasteiger partial charge in [0.2, 0.25) is 0 Å². The third kappa shape index (κ3) is 6.57. The fourth-order valence-electron chi connectivity index (χ4n) is 0.919. The van der Waals surface area contributed by atoms with Gasteiger partial charge in [0.05, 0.1) is 0 Å². The highest BCUT2D eigenvalue weighted by Gasteiger charge is 2.20. The Morgan fingerprint density at radius 3 is 2.00 bits per heavy atom. The van der Waals surface area contributed by atoms with Crippen molar-refractivity contribution in [3.05, 3.63) is 0 Å². The molecule has 2 amide bonds. The van der Waals surface area contributed by atoms with Gasteiger partial charge in [0.15, 0.2) is 0 Å². The van der Waals surface area contributed by atoms with E-state index in [4.69, 9.17) is 10.2 Å². The van der Waals surface area contributed by atoms with E-state index in [1.807, 2.05) is 0 Å². The molecule has 0 aromatic rings. The number of amides is 2. The van der Waals surface area contributed by atoms with Gasteiger partial charge in [0.1, 0.15) is 12.1 Å². The number of thiol groups is 2. The van der Waals surface area contributed by atoms with E-state index >= 15 is 0 Å². The van der Waals surface area contributed by atoms with Crippen LogP contribution in [0.15, 0.2) is 0 Å². The lowest BCUT2D eigenvalue weighted by Gasteiger charge is -2.16. The van der Waals surface area contributed by atoms with Crippen LogP contribution in [0.3, 0.4) is 0 Å². The summed E-state index contributed by atoms with van der Waals surface area (Å²) in [6, 6.07) is -2.99. The van der Waals surface area contributed by atoms with E-state index in [1.54, 1.807) is 0 Å². The van der Waals surface area contributed by atoms with E-state index in [9.17, 15) is 14.4 Å². The molecule has 0 rings (SSSR count). The topological polar surface area (TPSA) is 128 Å². The smallest absolute Gasteiger partial charge is 0.329 e. The van der Waals surface area contributed by atoms with Crippen molar-refractivity contribution in [2.24, 2.45) is 0 Å². The first-order valence-corrected chi connectivity index (χ1v) is 6.18. The summed E-state index contributed by atoms with van der Waals surface area (Å²) in [4.78, 5) is 32.6. The Bertz CT molecular complexity index is 315. The van der Waals surface area contributed by atoms with Gasteiger partial charge in [-0.25, -0.2) is 15.0 Å². The monoisotopic (exact) mass is 297 g/mol. The molecule has 10 heteroatoms. The lowest BCUT2D eigenvalue weighted by atomic mass is 10.2. The third-order valence-electron chi connectivity index (χ3n) is 1.86. The van der Waals surface area contributed by atoms with Crippen molar-refractivity contribution in [3.63, 3.8) is 0 Å². The Morgan fingerprint density at radius 1 is 1.06 bits per heavy atom. The van der Waals surface area contributed by atoms with Gasteiger partial charge in [0, 0.05) is 5.75 Å². The number of urea groups is 1. The molecular weight excluding hydrogens is 282 g/mol. The number of hydrazine groups is 1. The molecule has 0 unspecified atom stereocenters. The van der Waals surface area contributed by atoms with Crippen LogP contribution >= 0.6 is 25.3 Å². The van der Waals surface area contributed by atoms with E-state index < -0.39 is 30.1 Å². The molecule has 2 atom stereocenters. The predicted molar refractivity (Wildman–Crippen MR) is 70.0 cm³/mol. The van der Waals surface area contributed by atoms with Crippen LogP contribution in [0, 0.1) is 0 Å². The van der Waals surface area contributed by atoms with Gasteiger partial charge in [-0.1, -0.05) is 0 Å². The average Bonchev–Trinajstić information content (AvgIpc) is 2.30. The number of aliphatic carboxylic acids is 2. The Kier molecular flexibility index (Phi) is 8.33. The zero-order valence-corrected chi connectivity index (χ0v) is 11.1. The fourth-order valence-corrected chi connectivity index (χ4v) is 1.42. The maximum Gasteiger partial charge on any atom is 0.329 e. The number of hydrogen-bond donors (Lipinski definition) is 7. The van der Waals surface area contributed by atoms with Crippen molar-refractivity contribution in [2.75, 3.05) is 11.5 Å². The molecule has 0 aliphatic rings. The standard InChI is InChI=1S/C8H15N3O5S2/c12-6(13)4(1-2-17)10-11-8(16)9-5(3-18)7(14)15/h4-5,10,17-18H,1-3H2,(H,12,13)(H,14,15)(H2,9,11,16)/t4-,5-/m0/s1. The maximum atomic E-state index is 11.3. The van der Waals surface area contributed by atoms with Crippen LogP contribution in [0.25, 0.3) is 0 Å². The van der Waals surface area contributed by atoms with Crippen molar-refractivity contribution in [2.45, 2.75) is 18.5 Å². The number of nitrogens with one attached hydrogen (secondary N) is 3. The van der Waals surface area contributed by atoms with Crippen LogP contribution < -0.4 is 16.2 Å². The Labute approximate surface area is 114 Å². The molecule has 0 radical (unpaired) electrons. The highest BCUT2D eigenvalue weighted by Crippen LogP contribution is 1.93. The second-order valence-corrected chi connectivity index (χ2v) is 4.03. The Morgan fingerprint density at radius 2 is 1.61 bits per heavy atom. The number of carbonyl (C=O) groups is 3. The van der Waals surface area contributed by atoms with Crippen LogP contribution in [-0.2, 0) is 9.59 Å². The maximum absolute atomic E-state index is 11.3. The summed E-state index contributed by atoms with van der Waals surface area (Å²) in [5.74, 6) is -2.14. The van der Waals surface area contributed by atoms with E-state index in [0.29, 0.717) is 5.75 Å². The lowest BCUT2D eigenvalue weighted by Crippen LogP contribution is -2.55. The number of carbonyl (C=O) groups excluding carboxylic acids is 1. The predicted octanol–water partition coefficient (Wildman–Crippen LogP) is -1.05. The minimum atomic E-state index is -1.23. The zero-order valence-electron chi connectivity index (χ0n) is 9.29. The van der Waals surface area contributed by atoms with Crippen molar-refractivity contribution < 1.29 is 24.6 Å². The number of rotatable bonds is 8. The van der Waals surface area contributed by atoms with Gasteiger partial charge in [-0.3, -0.25) is 10.2 Å². The van der Waals surface area contributed by atoms with Crippen molar-refractivity contribution >= 4 is 43.2 Å². The van der Waals surface area contributed by atoms with Gasteiger partial charge in [-0.05, 0) is 12.2 Å². The van der Waals surface area contributed by atoms with E-state index in [2.05, 4.69) is 41.4 Å². The molecule has 0 bridgehead atoms. The molecule has 104 valence electrons. The summed E-state index contributed by atoms with van der Waals surface area (Å²) >= 11 is 7.63. The van der Waals surface area contributed by atoms with Gasteiger partial charge in [-0.2, -0.15) is 25.3 Å². The highest BCUT2D eigenvalue weighted by atomic mass is 32.1. The summed E-state index contributed by atoms with van der Waals surface area (Å²) in [6.07, 6.45) is 0.202. The van der Waals surface area contributed by atoms with E-state index in [1.165, 1.54) is 0 Å². The summed E-state index contributed by atoms with van der Waals surface area (Å²) < 4.78 is 0. The zero-order chi connectivity index (χ0) is 14.1.